The van der Waals surface area contributed by atoms with Crippen molar-refractivity contribution in [3.63, 3.8) is 0 Å². The third-order valence-corrected chi connectivity index (χ3v) is 4.46. The number of hydrogen-bond donors (Lipinski definition) is 1. The lowest BCUT2D eigenvalue weighted by atomic mass is 9.94. The fraction of sp³-hybridized carbons (Fsp3) is 0.350. The molecule has 1 fully saturated rings. The number of ether oxygens (including phenoxy) is 2. The molecule has 0 radical (unpaired) electrons. The van der Waals surface area contributed by atoms with E-state index in [1.165, 1.54) is 0 Å². The highest BCUT2D eigenvalue weighted by molar-refractivity contribution is 5.79. The first-order chi connectivity index (χ1) is 11.8. The van der Waals surface area contributed by atoms with Crippen molar-refractivity contribution >= 4 is 5.91 Å². The SMILES string of the molecule is COc1ccccc1C(NC(=O)C1CCOCC1)c1ccccc1. The number of carbonyl (C=O) groups excluding carboxylic acids is 1. The Morgan fingerprint density at radius 2 is 1.75 bits per heavy atom. The molecular weight excluding hydrogens is 302 g/mol. The van der Waals surface area contributed by atoms with Crippen LogP contribution in [0.1, 0.15) is 30.0 Å². The lowest BCUT2D eigenvalue weighted by molar-refractivity contribution is -0.128. The van der Waals surface area contributed by atoms with E-state index < -0.39 is 0 Å². The summed E-state index contributed by atoms with van der Waals surface area (Å²) in [5.74, 6) is 0.872. The molecule has 0 spiro atoms. The smallest absolute Gasteiger partial charge is 0.224 e. The van der Waals surface area contributed by atoms with E-state index >= 15 is 0 Å². The highest BCUT2D eigenvalue weighted by Gasteiger charge is 2.26. The van der Waals surface area contributed by atoms with Crippen molar-refractivity contribution in [2.24, 2.45) is 5.92 Å². The minimum absolute atomic E-state index is 0.0136. The van der Waals surface area contributed by atoms with Crippen molar-refractivity contribution in [3.05, 3.63) is 65.7 Å². The molecule has 2 aromatic rings. The monoisotopic (exact) mass is 325 g/mol. The maximum absolute atomic E-state index is 12.7. The molecule has 1 amide bonds. The summed E-state index contributed by atoms with van der Waals surface area (Å²) in [7, 11) is 1.65. The fourth-order valence-electron chi connectivity index (χ4n) is 3.11. The van der Waals surface area contributed by atoms with Gasteiger partial charge in [-0.25, -0.2) is 0 Å². The van der Waals surface area contributed by atoms with Gasteiger partial charge < -0.3 is 14.8 Å². The Hall–Kier alpha value is -2.33. The molecule has 0 bridgehead atoms. The topological polar surface area (TPSA) is 47.6 Å². The molecule has 4 heteroatoms. The molecule has 1 atom stereocenters. The number of rotatable bonds is 5. The highest BCUT2D eigenvalue weighted by atomic mass is 16.5. The van der Waals surface area contributed by atoms with E-state index in [2.05, 4.69) is 5.32 Å². The van der Waals surface area contributed by atoms with Gasteiger partial charge in [-0.15, -0.1) is 0 Å². The molecule has 126 valence electrons. The zero-order valence-corrected chi connectivity index (χ0v) is 13.9. The van der Waals surface area contributed by atoms with Crippen molar-refractivity contribution in [3.8, 4) is 5.75 Å². The summed E-state index contributed by atoms with van der Waals surface area (Å²) in [6.45, 7) is 1.31. The van der Waals surface area contributed by atoms with Gasteiger partial charge in [-0.05, 0) is 24.5 Å². The Balaban J connectivity index is 1.89. The standard InChI is InChI=1S/C20H23NO3/c1-23-18-10-6-5-9-17(18)19(15-7-3-2-4-8-15)21-20(22)16-11-13-24-14-12-16/h2-10,16,19H,11-14H2,1H3,(H,21,22). The molecule has 24 heavy (non-hydrogen) atoms. The Morgan fingerprint density at radius 3 is 2.46 bits per heavy atom. The van der Waals surface area contributed by atoms with E-state index in [1.54, 1.807) is 7.11 Å². The van der Waals surface area contributed by atoms with Crippen LogP contribution in [0.4, 0.5) is 0 Å². The zero-order valence-electron chi connectivity index (χ0n) is 13.9. The predicted molar refractivity (Wildman–Crippen MR) is 93.0 cm³/mol. The largest absolute Gasteiger partial charge is 0.496 e. The van der Waals surface area contributed by atoms with Gasteiger partial charge in [-0.3, -0.25) is 4.79 Å². The van der Waals surface area contributed by atoms with Crippen LogP contribution in [-0.4, -0.2) is 26.2 Å². The van der Waals surface area contributed by atoms with Gasteiger partial charge in [-0.1, -0.05) is 48.5 Å². The van der Waals surface area contributed by atoms with Crippen LogP contribution in [0, 0.1) is 5.92 Å². The van der Waals surface area contributed by atoms with E-state index in [9.17, 15) is 4.79 Å². The Kier molecular flexibility index (Phi) is 5.49. The maximum Gasteiger partial charge on any atom is 0.224 e. The van der Waals surface area contributed by atoms with Gasteiger partial charge in [0.05, 0.1) is 13.2 Å². The Bertz CT molecular complexity index is 666. The maximum atomic E-state index is 12.7. The third-order valence-electron chi connectivity index (χ3n) is 4.46. The minimum atomic E-state index is -0.224. The average molecular weight is 325 g/mol. The zero-order chi connectivity index (χ0) is 16.8. The normalized spacial score (nSPS) is 16.4. The number of carbonyl (C=O) groups is 1. The molecule has 1 heterocycles. The number of nitrogens with one attached hydrogen (secondary N) is 1. The van der Waals surface area contributed by atoms with E-state index in [0.29, 0.717) is 13.2 Å². The van der Waals surface area contributed by atoms with Crippen LogP contribution in [0.25, 0.3) is 0 Å². The van der Waals surface area contributed by atoms with Crippen molar-refractivity contribution < 1.29 is 14.3 Å². The molecular formula is C20H23NO3. The van der Waals surface area contributed by atoms with Gasteiger partial charge in [-0.2, -0.15) is 0 Å². The van der Waals surface area contributed by atoms with Gasteiger partial charge in [0.25, 0.3) is 0 Å². The third kappa shape index (κ3) is 3.77. The van der Waals surface area contributed by atoms with Crippen molar-refractivity contribution in [1.82, 2.24) is 5.32 Å². The molecule has 1 saturated heterocycles. The first-order valence-electron chi connectivity index (χ1n) is 8.35. The number of para-hydroxylation sites is 1. The summed E-state index contributed by atoms with van der Waals surface area (Å²) >= 11 is 0. The molecule has 0 saturated carbocycles. The van der Waals surface area contributed by atoms with E-state index in [1.807, 2.05) is 54.6 Å². The van der Waals surface area contributed by atoms with Crippen molar-refractivity contribution in [1.29, 1.82) is 0 Å². The van der Waals surface area contributed by atoms with E-state index in [4.69, 9.17) is 9.47 Å². The van der Waals surface area contributed by atoms with Crippen LogP contribution in [0.3, 0.4) is 0 Å². The van der Waals surface area contributed by atoms with Crippen LogP contribution in [0.5, 0.6) is 5.75 Å². The van der Waals surface area contributed by atoms with E-state index in [-0.39, 0.29) is 17.9 Å². The van der Waals surface area contributed by atoms with Crippen molar-refractivity contribution in [2.45, 2.75) is 18.9 Å². The van der Waals surface area contributed by atoms with Crippen LogP contribution >= 0.6 is 0 Å². The van der Waals surface area contributed by atoms with Crippen LogP contribution < -0.4 is 10.1 Å². The van der Waals surface area contributed by atoms with Gasteiger partial charge >= 0.3 is 0 Å². The molecule has 0 aromatic heterocycles. The first kappa shape index (κ1) is 16.5. The Morgan fingerprint density at radius 1 is 1.08 bits per heavy atom. The number of methoxy groups -OCH3 is 1. The molecule has 3 rings (SSSR count). The van der Waals surface area contributed by atoms with Crippen LogP contribution in [0.15, 0.2) is 54.6 Å². The fourth-order valence-corrected chi connectivity index (χ4v) is 3.11. The summed E-state index contributed by atoms with van der Waals surface area (Å²) in [5, 5.41) is 3.22. The van der Waals surface area contributed by atoms with Crippen molar-refractivity contribution in [2.75, 3.05) is 20.3 Å². The molecule has 2 aromatic carbocycles. The molecule has 1 aliphatic heterocycles. The number of hydrogen-bond acceptors (Lipinski definition) is 3. The molecule has 1 aliphatic rings. The van der Waals surface area contributed by atoms with Gasteiger partial charge in [0.2, 0.25) is 5.91 Å². The molecule has 1 unspecified atom stereocenters. The van der Waals surface area contributed by atoms with Crippen LogP contribution in [-0.2, 0) is 9.53 Å². The van der Waals surface area contributed by atoms with Gasteiger partial charge in [0, 0.05) is 24.7 Å². The highest BCUT2D eigenvalue weighted by Crippen LogP contribution is 2.30. The predicted octanol–water partition coefficient (Wildman–Crippen LogP) is 3.33. The van der Waals surface area contributed by atoms with Gasteiger partial charge in [0.1, 0.15) is 5.75 Å². The second kappa shape index (κ2) is 7.97. The summed E-state index contributed by atoms with van der Waals surface area (Å²) in [4.78, 5) is 12.7. The average Bonchev–Trinajstić information content (AvgIpc) is 2.67. The lowest BCUT2D eigenvalue weighted by Crippen LogP contribution is -2.37. The Labute approximate surface area is 142 Å². The quantitative estimate of drug-likeness (QED) is 0.917. The summed E-state index contributed by atoms with van der Waals surface area (Å²) in [6.07, 6.45) is 1.55. The first-order valence-corrected chi connectivity index (χ1v) is 8.35. The number of amides is 1. The van der Waals surface area contributed by atoms with Crippen LogP contribution in [0.2, 0.25) is 0 Å². The lowest BCUT2D eigenvalue weighted by Gasteiger charge is -2.26. The van der Waals surface area contributed by atoms with E-state index in [0.717, 1.165) is 29.7 Å². The summed E-state index contributed by atoms with van der Waals surface area (Å²) < 4.78 is 10.9. The summed E-state index contributed by atoms with van der Waals surface area (Å²) in [6, 6.07) is 17.6. The number of benzene rings is 2. The molecule has 0 aliphatic carbocycles. The van der Waals surface area contributed by atoms with Gasteiger partial charge in [0.15, 0.2) is 0 Å². The minimum Gasteiger partial charge on any atom is -0.496 e. The second-order valence-corrected chi connectivity index (χ2v) is 5.98. The summed E-state index contributed by atoms with van der Waals surface area (Å²) in [5.41, 5.74) is 2.01. The second-order valence-electron chi connectivity index (χ2n) is 5.98. The molecule has 4 nitrogen and oxygen atoms in total. The molecule has 1 N–H and O–H groups in total.